The van der Waals surface area contributed by atoms with E-state index in [9.17, 15) is 9.90 Å². The van der Waals surface area contributed by atoms with Gasteiger partial charge in [0.25, 0.3) is 0 Å². The second kappa shape index (κ2) is 6.99. The van der Waals surface area contributed by atoms with Gasteiger partial charge in [-0.15, -0.1) is 0 Å². The first kappa shape index (κ1) is 19.8. The van der Waals surface area contributed by atoms with Gasteiger partial charge in [0.05, 0.1) is 5.56 Å². The summed E-state index contributed by atoms with van der Waals surface area (Å²) in [7, 11) is 0. The number of hydrogen-bond donors (Lipinski definition) is 2. The van der Waals surface area contributed by atoms with Crippen LogP contribution in [0.15, 0.2) is 36.4 Å². The molecule has 2 aromatic rings. The van der Waals surface area contributed by atoms with Gasteiger partial charge >= 0.3 is 5.97 Å². The van der Waals surface area contributed by atoms with Crippen molar-refractivity contribution in [3.05, 3.63) is 64.2 Å². The van der Waals surface area contributed by atoms with Crippen molar-refractivity contribution >= 4 is 18.1 Å². The van der Waals surface area contributed by atoms with Crippen LogP contribution in [0.4, 0.5) is 0 Å². The summed E-state index contributed by atoms with van der Waals surface area (Å²) in [6.07, 6.45) is 3.95. The van der Waals surface area contributed by atoms with Crippen LogP contribution in [-0.2, 0) is 10.8 Å². The van der Waals surface area contributed by atoms with Gasteiger partial charge in [0, 0.05) is 11.1 Å². The lowest BCUT2D eigenvalue weighted by Gasteiger charge is -2.27. The number of aromatic carboxylic acids is 1. The lowest BCUT2D eigenvalue weighted by atomic mass is 9.78. The molecule has 0 aliphatic rings. The van der Waals surface area contributed by atoms with Crippen molar-refractivity contribution in [2.45, 2.75) is 52.4 Å². The fourth-order valence-corrected chi connectivity index (χ4v) is 2.83. The first-order valence-electron chi connectivity index (χ1n) is 8.79. The molecule has 0 aromatic heterocycles. The monoisotopic (exact) mass is 352 g/mol. The zero-order valence-corrected chi connectivity index (χ0v) is 16.4. The van der Waals surface area contributed by atoms with E-state index in [2.05, 4.69) is 41.5 Å². The van der Waals surface area contributed by atoms with Gasteiger partial charge in [-0.05, 0) is 46.2 Å². The number of aromatic hydroxyl groups is 1. The third-order valence-electron chi connectivity index (χ3n) is 4.37. The second-order valence-corrected chi connectivity index (χ2v) is 8.73. The van der Waals surface area contributed by atoms with Crippen LogP contribution in [0.25, 0.3) is 12.2 Å². The van der Waals surface area contributed by atoms with E-state index in [-0.39, 0.29) is 16.4 Å². The van der Waals surface area contributed by atoms with E-state index >= 15 is 0 Å². The van der Waals surface area contributed by atoms with Crippen molar-refractivity contribution in [3.8, 4) is 5.75 Å². The van der Waals surface area contributed by atoms with Gasteiger partial charge in [-0.3, -0.25) is 0 Å². The number of phenolic OH excluding ortho intramolecular Hbond substituents is 1. The van der Waals surface area contributed by atoms with E-state index in [1.54, 1.807) is 24.3 Å². The Morgan fingerprint density at radius 1 is 0.808 bits per heavy atom. The third kappa shape index (κ3) is 4.54. The SMILES string of the molecule is CC(C)(C)c1cc(C=Cc2ccc(C(=O)O)cc2)cc(C(C)(C)C)c1O. The maximum Gasteiger partial charge on any atom is 0.335 e. The lowest BCUT2D eigenvalue weighted by molar-refractivity contribution is 0.0697. The van der Waals surface area contributed by atoms with E-state index in [1.165, 1.54) is 0 Å². The molecule has 2 rings (SSSR count). The van der Waals surface area contributed by atoms with Gasteiger partial charge in [-0.1, -0.05) is 65.8 Å². The predicted octanol–water partition coefficient (Wildman–Crippen LogP) is 5.86. The zero-order chi connectivity index (χ0) is 19.7. The lowest BCUT2D eigenvalue weighted by Crippen LogP contribution is -2.17. The number of benzene rings is 2. The van der Waals surface area contributed by atoms with Crippen LogP contribution < -0.4 is 0 Å². The summed E-state index contributed by atoms with van der Waals surface area (Å²) < 4.78 is 0. The van der Waals surface area contributed by atoms with Crippen molar-refractivity contribution in [3.63, 3.8) is 0 Å². The molecule has 0 aliphatic heterocycles. The average Bonchev–Trinajstić information content (AvgIpc) is 2.52. The van der Waals surface area contributed by atoms with E-state index in [0.717, 1.165) is 22.3 Å². The highest BCUT2D eigenvalue weighted by molar-refractivity contribution is 5.88. The van der Waals surface area contributed by atoms with Crippen molar-refractivity contribution in [1.29, 1.82) is 0 Å². The summed E-state index contributed by atoms with van der Waals surface area (Å²) in [5, 5.41) is 19.8. The molecular weight excluding hydrogens is 324 g/mol. The standard InChI is InChI=1S/C23H28O3/c1-22(2,3)18-13-16(14-19(20(18)24)23(4,5)6)8-7-15-9-11-17(12-10-15)21(25)26/h7-14,24H,1-6H3,(H,25,26). The summed E-state index contributed by atoms with van der Waals surface area (Å²) in [6, 6.07) is 10.8. The number of hydrogen-bond acceptors (Lipinski definition) is 2. The van der Waals surface area contributed by atoms with Crippen LogP contribution in [0, 0.1) is 0 Å². The van der Waals surface area contributed by atoms with Crippen LogP contribution in [0.5, 0.6) is 5.75 Å². The maximum atomic E-state index is 10.9. The van der Waals surface area contributed by atoms with Crippen LogP contribution in [-0.4, -0.2) is 16.2 Å². The number of carboxylic acid groups (broad SMARTS) is 1. The third-order valence-corrected chi connectivity index (χ3v) is 4.37. The maximum absolute atomic E-state index is 10.9. The van der Waals surface area contributed by atoms with E-state index in [4.69, 9.17) is 5.11 Å². The van der Waals surface area contributed by atoms with Crippen molar-refractivity contribution in [2.24, 2.45) is 0 Å². The smallest absolute Gasteiger partial charge is 0.335 e. The molecule has 0 heterocycles. The highest BCUT2D eigenvalue weighted by Crippen LogP contribution is 2.40. The quantitative estimate of drug-likeness (QED) is 0.681. The highest BCUT2D eigenvalue weighted by Gasteiger charge is 2.26. The predicted molar refractivity (Wildman–Crippen MR) is 108 cm³/mol. The Morgan fingerprint density at radius 2 is 1.23 bits per heavy atom. The Kier molecular flexibility index (Phi) is 5.31. The molecule has 3 heteroatoms. The summed E-state index contributed by atoms with van der Waals surface area (Å²) >= 11 is 0. The number of carbonyl (C=O) groups is 1. The molecule has 0 spiro atoms. The molecule has 0 fully saturated rings. The summed E-state index contributed by atoms with van der Waals surface area (Å²) in [4.78, 5) is 10.9. The summed E-state index contributed by atoms with van der Waals surface area (Å²) in [5.41, 5.74) is 3.72. The Bertz CT molecular complexity index is 794. The van der Waals surface area contributed by atoms with Gasteiger partial charge < -0.3 is 10.2 Å². The first-order chi connectivity index (χ1) is 11.9. The summed E-state index contributed by atoms with van der Waals surface area (Å²) in [6.45, 7) is 12.5. The van der Waals surface area contributed by atoms with Crippen LogP contribution in [0.3, 0.4) is 0 Å². The van der Waals surface area contributed by atoms with Crippen LogP contribution >= 0.6 is 0 Å². The van der Waals surface area contributed by atoms with Gasteiger partial charge in [-0.2, -0.15) is 0 Å². The van der Waals surface area contributed by atoms with E-state index in [1.807, 2.05) is 24.3 Å². The van der Waals surface area contributed by atoms with Crippen molar-refractivity contribution in [2.75, 3.05) is 0 Å². The molecule has 3 nitrogen and oxygen atoms in total. The summed E-state index contributed by atoms with van der Waals surface area (Å²) in [5.74, 6) is -0.559. The number of rotatable bonds is 3. The molecule has 2 aromatic carbocycles. The molecule has 138 valence electrons. The average molecular weight is 352 g/mol. The van der Waals surface area contributed by atoms with Crippen LogP contribution in [0.1, 0.15) is 74.2 Å². The number of carboxylic acids is 1. The highest BCUT2D eigenvalue weighted by atomic mass is 16.4. The van der Waals surface area contributed by atoms with Gasteiger partial charge in [-0.25, -0.2) is 4.79 Å². The Balaban J connectivity index is 2.47. The van der Waals surface area contributed by atoms with Gasteiger partial charge in [0.1, 0.15) is 5.75 Å². The molecule has 0 aliphatic carbocycles. The molecule has 0 radical (unpaired) electrons. The minimum Gasteiger partial charge on any atom is -0.507 e. The second-order valence-electron chi connectivity index (χ2n) is 8.73. The molecular formula is C23H28O3. The largest absolute Gasteiger partial charge is 0.507 e. The van der Waals surface area contributed by atoms with E-state index in [0.29, 0.717) is 5.75 Å². The zero-order valence-electron chi connectivity index (χ0n) is 16.4. The van der Waals surface area contributed by atoms with Crippen molar-refractivity contribution < 1.29 is 15.0 Å². The molecule has 0 unspecified atom stereocenters. The normalized spacial score (nSPS) is 12.5. The topological polar surface area (TPSA) is 57.5 Å². The van der Waals surface area contributed by atoms with Gasteiger partial charge in [0.15, 0.2) is 0 Å². The molecule has 0 atom stereocenters. The fourth-order valence-electron chi connectivity index (χ4n) is 2.83. The molecule has 0 saturated heterocycles. The van der Waals surface area contributed by atoms with Crippen molar-refractivity contribution in [1.82, 2.24) is 0 Å². The first-order valence-corrected chi connectivity index (χ1v) is 8.79. The Labute approximate surface area is 156 Å². The van der Waals surface area contributed by atoms with E-state index < -0.39 is 5.97 Å². The minimum atomic E-state index is -0.927. The molecule has 26 heavy (non-hydrogen) atoms. The Hall–Kier alpha value is -2.55. The molecule has 2 N–H and O–H groups in total. The number of phenols is 1. The molecule has 0 amide bonds. The Morgan fingerprint density at radius 3 is 1.62 bits per heavy atom. The molecule has 0 bridgehead atoms. The van der Waals surface area contributed by atoms with Crippen LogP contribution in [0.2, 0.25) is 0 Å². The molecule has 0 saturated carbocycles. The fraction of sp³-hybridized carbons (Fsp3) is 0.348. The van der Waals surface area contributed by atoms with Gasteiger partial charge in [0.2, 0.25) is 0 Å². The minimum absolute atomic E-state index is 0.170.